The number of carbonyl (C=O) groups is 1. The van der Waals surface area contributed by atoms with Crippen LogP contribution < -0.4 is 5.43 Å². The fraction of sp³-hybridized carbons (Fsp3) is 0.111. The molecule has 5 nitrogen and oxygen atoms in total. The van der Waals surface area contributed by atoms with Crippen molar-refractivity contribution in [3.8, 4) is 5.69 Å². The highest BCUT2D eigenvalue weighted by molar-refractivity contribution is 5.96. The van der Waals surface area contributed by atoms with E-state index in [2.05, 4.69) is 10.5 Å². The maximum atomic E-state index is 13.1. The van der Waals surface area contributed by atoms with E-state index in [-0.39, 0.29) is 11.7 Å². The number of amides is 1. The minimum absolute atomic E-state index is 0.300. The van der Waals surface area contributed by atoms with Crippen molar-refractivity contribution in [1.29, 1.82) is 0 Å². The summed E-state index contributed by atoms with van der Waals surface area (Å²) in [5.41, 5.74) is 5.41. The first-order valence-corrected chi connectivity index (χ1v) is 7.38. The van der Waals surface area contributed by atoms with Crippen molar-refractivity contribution >= 4 is 12.1 Å². The molecule has 3 aromatic rings. The molecule has 0 saturated heterocycles. The third kappa shape index (κ3) is 3.12. The molecule has 1 N–H and O–H groups in total. The van der Waals surface area contributed by atoms with Gasteiger partial charge in [-0.15, -0.1) is 0 Å². The second-order valence-corrected chi connectivity index (χ2v) is 5.31. The van der Waals surface area contributed by atoms with Gasteiger partial charge in [-0.3, -0.25) is 4.79 Å². The zero-order chi connectivity index (χ0) is 17.1. The molecule has 2 heterocycles. The summed E-state index contributed by atoms with van der Waals surface area (Å²) in [5.74, 6) is -0.0715. The monoisotopic (exact) mass is 325 g/mol. The first kappa shape index (κ1) is 15.7. The Hall–Kier alpha value is -3.15. The number of hydrogen-bond donors (Lipinski definition) is 1. The van der Waals surface area contributed by atoms with Gasteiger partial charge in [-0.2, -0.15) is 5.10 Å². The normalized spacial score (nSPS) is 11.1. The van der Waals surface area contributed by atoms with Crippen molar-refractivity contribution in [1.82, 2.24) is 9.99 Å². The fourth-order valence-corrected chi connectivity index (χ4v) is 2.56. The first-order chi connectivity index (χ1) is 11.6. The van der Waals surface area contributed by atoms with Crippen molar-refractivity contribution in [3.05, 3.63) is 77.3 Å². The number of halogens is 1. The molecular weight excluding hydrogens is 309 g/mol. The Kier molecular flexibility index (Phi) is 4.29. The first-order valence-electron chi connectivity index (χ1n) is 7.38. The lowest BCUT2D eigenvalue weighted by Gasteiger charge is -2.09. The average Bonchev–Trinajstić information content (AvgIpc) is 3.17. The summed E-state index contributed by atoms with van der Waals surface area (Å²) in [6, 6.07) is 11.4. The molecule has 0 atom stereocenters. The van der Waals surface area contributed by atoms with Crippen LogP contribution in [0.15, 0.2) is 58.2 Å². The Morgan fingerprint density at radius 1 is 1.25 bits per heavy atom. The molecule has 122 valence electrons. The van der Waals surface area contributed by atoms with Crippen LogP contribution in [-0.4, -0.2) is 16.7 Å². The molecule has 3 rings (SSSR count). The summed E-state index contributed by atoms with van der Waals surface area (Å²) >= 11 is 0. The summed E-state index contributed by atoms with van der Waals surface area (Å²) < 4.78 is 20.1. The second-order valence-electron chi connectivity index (χ2n) is 5.31. The highest BCUT2D eigenvalue weighted by Crippen LogP contribution is 2.21. The molecule has 0 aliphatic rings. The molecule has 0 radical (unpaired) electrons. The van der Waals surface area contributed by atoms with Crippen LogP contribution in [0, 0.1) is 19.7 Å². The van der Waals surface area contributed by atoms with E-state index >= 15 is 0 Å². The van der Waals surface area contributed by atoms with E-state index in [1.165, 1.54) is 24.6 Å². The van der Waals surface area contributed by atoms with Gasteiger partial charge < -0.3 is 8.98 Å². The van der Waals surface area contributed by atoms with Crippen molar-refractivity contribution in [2.24, 2.45) is 5.10 Å². The molecule has 6 heteroatoms. The van der Waals surface area contributed by atoms with Gasteiger partial charge in [0.25, 0.3) is 5.91 Å². The molecule has 1 aromatic carbocycles. The minimum Gasteiger partial charge on any atom is -0.463 e. The Morgan fingerprint density at radius 2 is 2.00 bits per heavy atom. The third-order valence-corrected chi connectivity index (χ3v) is 3.66. The smallest absolute Gasteiger partial charge is 0.273 e. The maximum Gasteiger partial charge on any atom is 0.273 e. The zero-order valence-electron chi connectivity index (χ0n) is 13.3. The number of nitrogens with zero attached hydrogens (tertiary/aromatic N) is 2. The van der Waals surface area contributed by atoms with Gasteiger partial charge in [-0.25, -0.2) is 9.82 Å². The van der Waals surface area contributed by atoms with E-state index in [0.29, 0.717) is 11.3 Å². The quantitative estimate of drug-likeness (QED) is 0.588. The minimum atomic E-state index is -0.320. The van der Waals surface area contributed by atoms with E-state index in [4.69, 9.17) is 4.42 Å². The lowest BCUT2D eigenvalue weighted by Crippen LogP contribution is -2.18. The Bertz CT molecular complexity index is 878. The molecule has 0 fully saturated rings. The van der Waals surface area contributed by atoms with Gasteiger partial charge in [0.05, 0.1) is 18.0 Å². The third-order valence-electron chi connectivity index (χ3n) is 3.66. The predicted molar refractivity (Wildman–Crippen MR) is 89.0 cm³/mol. The summed E-state index contributed by atoms with van der Waals surface area (Å²) in [7, 11) is 0. The maximum absolute atomic E-state index is 13.1. The van der Waals surface area contributed by atoms with Crippen LogP contribution in [0.3, 0.4) is 0 Å². The lowest BCUT2D eigenvalue weighted by atomic mass is 10.2. The molecule has 0 saturated carbocycles. The van der Waals surface area contributed by atoms with Crippen LogP contribution >= 0.6 is 0 Å². The van der Waals surface area contributed by atoms with E-state index in [0.717, 1.165) is 17.1 Å². The van der Waals surface area contributed by atoms with Gasteiger partial charge in [0.15, 0.2) is 0 Å². The Labute approximate surface area is 138 Å². The second kappa shape index (κ2) is 6.54. The van der Waals surface area contributed by atoms with E-state index in [9.17, 15) is 9.18 Å². The van der Waals surface area contributed by atoms with E-state index in [1.54, 1.807) is 30.3 Å². The van der Waals surface area contributed by atoms with Crippen LogP contribution in [0.5, 0.6) is 0 Å². The number of nitrogens with one attached hydrogen (secondary N) is 1. The van der Waals surface area contributed by atoms with Crippen LogP contribution in [0.4, 0.5) is 4.39 Å². The standard InChI is InChI=1S/C18H16FN3O2/c1-12-10-17(18(23)21-20-11-16-4-3-9-24-16)13(2)22(12)15-7-5-14(19)6-8-15/h3-11H,1-2H3,(H,21,23)/b20-11+. The van der Waals surface area contributed by atoms with Crippen molar-refractivity contribution in [3.63, 3.8) is 0 Å². The van der Waals surface area contributed by atoms with Gasteiger partial charge in [0.2, 0.25) is 0 Å². The van der Waals surface area contributed by atoms with Crippen LogP contribution in [0.25, 0.3) is 5.69 Å². The number of aryl methyl sites for hydroxylation is 1. The largest absolute Gasteiger partial charge is 0.463 e. The average molecular weight is 325 g/mol. The highest BCUT2D eigenvalue weighted by atomic mass is 19.1. The molecule has 0 bridgehead atoms. The van der Waals surface area contributed by atoms with E-state index < -0.39 is 0 Å². The lowest BCUT2D eigenvalue weighted by molar-refractivity contribution is 0.0954. The fourth-order valence-electron chi connectivity index (χ4n) is 2.56. The Morgan fingerprint density at radius 3 is 2.67 bits per heavy atom. The zero-order valence-corrected chi connectivity index (χ0v) is 13.3. The van der Waals surface area contributed by atoms with Crippen LogP contribution in [0.2, 0.25) is 0 Å². The summed E-state index contributed by atoms with van der Waals surface area (Å²) in [6.07, 6.45) is 2.95. The molecule has 2 aromatic heterocycles. The van der Waals surface area contributed by atoms with Crippen LogP contribution in [0.1, 0.15) is 27.5 Å². The van der Waals surface area contributed by atoms with Gasteiger partial charge in [-0.05, 0) is 56.3 Å². The van der Waals surface area contributed by atoms with Crippen molar-refractivity contribution < 1.29 is 13.6 Å². The molecule has 1 amide bonds. The number of benzene rings is 1. The van der Waals surface area contributed by atoms with Crippen molar-refractivity contribution in [2.75, 3.05) is 0 Å². The number of rotatable bonds is 4. The number of furan rings is 1. The summed E-state index contributed by atoms with van der Waals surface area (Å²) in [6.45, 7) is 3.72. The summed E-state index contributed by atoms with van der Waals surface area (Å²) in [5, 5.41) is 3.88. The predicted octanol–water partition coefficient (Wildman–Crippen LogP) is 3.59. The molecule has 0 aliphatic carbocycles. The number of hydrogen-bond acceptors (Lipinski definition) is 3. The topological polar surface area (TPSA) is 59.5 Å². The number of hydrazone groups is 1. The molecule has 24 heavy (non-hydrogen) atoms. The van der Waals surface area contributed by atoms with Gasteiger partial charge >= 0.3 is 0 Å². The number of carbonyl (C=O) groups excluding carboxylic acids is 1. The van der Waals surface area contributed by atoms with Gasteiger partial charge in [0, 0.05) is 17.1 Å². The van der Waals surface area contributed by atoms with Crippen LogP contribution in [-0.2, 0) is 0 Å². The molecule has 0 spiro atoms. The Balaban J connectivity index is 1.83. The van der Waals surface area contributed by atoms with Crippen molar-refractivity contribution in [2.45, 2.75) is 13.8 Å². The number of aromatic nitrogens is 1. The SMILES string of the molecule is Cc1cc(C(=O)N/N=C/c2ccco2)c(C)n1-c1ccc(F)cc1. The molecular formula is C18H16FN3O2. The molecule has 0 aliphatic heterocycles. The molecule has 0 unspecified atom stereocenters. The van der Waals surface area contributed by atoms with Gasteiger partial charge in [-0.1, -0.05) is 0 Å². The summed E-state index contributed by atoms with van der Waals surface area (Å²) in [4.78, 5) is 12.3. The van der Waals surface area contributed by atoms with Gasteiger partial charge in [0.1, 0.15) is 11.6 Å². The van der Waals surface area contributed by atoms with E-state index in [1.807, 2.05) is 18.4 Å². The highest BCUT2D eigenvalue weighted by Gasteiger charge is 2.16.